The maximum Gasteiger partial charge on any atom is 0.241 e. The maximum atomic E-state index is 12.9. The van der Waals surface area contributed by atoms with Crippen LogP contribution in [-0.4, -0.2) is 69.2 Å². The van der Waals surface area contributed by atoms with Crippen LogP contribution in [0.1, 0.15) is 60.2 Å². The Balaban J connectivity index is 1.24. The predicted molar refractivity (Wildman–Crippen MR) is 236 cm³/mol. The van der Waals surface area contributed by atoms with E-state index in [0.717, 1.165) is 39.1 Å². The molecule has 1 aliphatic heterocycles. The van der Waals surface area contributed by atoms with Crippen LogP contribution in [0.15, 0.2) is 158 Å². The van der Waals surface area contributed by atoms with E-state index in [1.807, 2.05) is 120 Å². The molecule has 0 radical (unpaired) electrons. The minimum Gasteiger partial charge on any atom is -0.497 e. The van der Waals surface area contributed by atoms with Gasteiger partial charge in [0.15, 0.2) is 0 Å². The molecule has 8 rings (SSSR count). The highest BCUT2D eigenvalue weighted by Crippen LogP contribution is 2.48. The van der Waals surface area contributed by atoms with Gasteiger partial charge in [0.25, 0.3) is 0 Å². The summed E-state index contributed by atoms with van der Waals surface area (Å²) in [4.78, 5) is 11.7. The molecular weight excluding hydrogens is 765 g/mol. The minimum absolute atomic E-state index is 0.202. The zero-order valence-corrected chi connectivity index (χ0v) is 35.4. The van der Waals surface area contributed by atoms with Gasteiger partial charge in [-0.15, -0.1) is 0 Å². The average Bonchev–Trinajstić information content (AvgIpc) is 3.81. The van der Waals surface area contributed by atoms with E-state index < -0.39 is 35.4 Å². The Morgan fingerprint density at radius 3 is 1.75 bits per heavy atom. The van der Waals surface area contributed by atoms with Gasteiger partial charge in [0.05, 0.1) is 46.1 Å². The number of rotatable bonds is 16. The van der Waals surface area contributed by atoms with Crippen LogP contribution in [0.4, 0.5) is 0 Å². The smallest absolute Gasteiger partial charge is 0.241 e. The quantitative estimate of drug-likeness (QED) is 0.0958. The number of likely N-dealkylation sites (tertiary alicyclic amines) is 1. The molecule has 314 valence electrons. The molecule has 10 heteroatoms. The van der Waals surface area contributed by atoms with Gasteiger partial charge in [0.1, 0.15) is 47.7 Å². The van der Waals surface area contributed by atoms with Gasteiger partial charge >= 0.3 is 0 Å². The fraction of sp³-hybridized carbons (Fsp3) is 0.294. The third kappa shape index (κ3) is 8.55. The Kier molecular flexibility index (Phi) is 12.6. The standard InChI is InChI=1S/C51H54N4O6/c1-50(2,3)55-43(33-61-51(38-20-12-7-13-21-38,39-22-14-8-15-23-39)40-24-16-9-17-25-40)48(60-32-37-26-28-41(57-4)29-27-37)47(56)45(55)42-30-54(35-59-31-36-18-10-6-11-19-36)46-44(42)52-34-53-49(46)58-5/h6-30,34,43,45,47-48,56H,31-33,35H2,1-5H3/t43-,45+,47+,48-/m1/s1. The summed E-state index contributed by atoms with van der Waals surface area (Å²) in [7, 11) is 3.25. The minimum atomic E-state index is -1.00. The summed E-state index contributed by atoms with van der Waals surface area (Å²) in [5.74, 6) is 1.18. The molecule has 3 heterocycles. The molecule has 1 saturated heterocycles. The lowest BCUT2D eigenvalue weighted by Gasteiger charge is -2.43. The van der Waals surface area contributed by atoms with Crippen molar-refractivity contribution in [3.8, 4) is 11.6 Å². The highest BCUT2D eigenvalue weighted by molar-refractivity contribution is 5.84. The third-order valence-electron chi connectivity index (χ3n) is 11.6. The van der Waals surface area contributed by atoms with Crippen LogP contribution >= 0.6 is 0 Å². The van der Waals surface area contributed by atoms with Crippen molar-refractivity contribution in [2.75, 3.05) is 20.8 Å². The van der Waals surface area contributed by atoms with Gasteiger partial charge in [-0.2, -0.15) is 4.98 Å². The number of benzene rings is 5. The fourth-order valence-corrected chi connectivity index (χ4v) is 8.89. The molecule has 1 aliphatic rings. The number of methoxy groups -OCH3 is 2. The largest absolute Gasteiger partial charge is 0.497 e. The molecule has 7 aromatic rings. The molecule has 0 bridgehead atoms. The monoisotopic (exact) mass is 818 g/mol. The number of hydrogen-bond acceptors (Lipinski definition) is 9. The number of hydrogen-bond donors (Lipinski definition) is 1. The molecule has 1 fully saturated rings. The fourth-order valence-electron chi connectivity index (χ4n) is 8.89. The van der Waals surface area contributed by atoms with E-state index in [2.05, 4.69) is 67.1 Å². The van der Waals surface area contributed by atoms with Gasteiger partial charge in [-0.3, -0.25) is 4.90 Å². The molecule has 10 nitrogen and oxygen atoms in total. The number of aromatic nitrogens is 3. The van der Waals surface area contributed by atoms with E-state index in [4.69, 9.17) is 28.7 Å². The Labute approximate surface area is 358 Å². The first-order valence-corrected chi connectivity index (χ1v) is 20.7. The van der Waals surface area contributed by atoms with Crippen molar-refractivity contribution >= 4 is 11.0 Å². The van der Waals surface area contributed by atoms with Crippen molar-refractivity contribution in [1.29, 1.82) is 0 Å². The van der Waals surface area contributed by atoms with Gasteiger partial charge in [0.2, 0.25) is 5.88 Å². The van der Waals surface area contributed by atoms with E-state index in [9.17, 15) is 5.11 Å². The molecule has 0 unspecified atom stereocenters. The van der Waals surface area contributed by atoms with Crippen molar-refractivity contribution in [1.82, 2.24) is 19.4 Å². The lowest BCUT2D eigenvalue weighted by atomic mass is 9.80. The Hall–Kier alpha value is -5.88. The molecule has 0 amide bonds. The SMILES string of the molecule is COc1ccc(CO[C@H]2[C@@H](O)[C@H](c3cn(COCc4ccccc4)c4c(OC)ncnc34)N(C(C)(C)C)[C@@H]2COC(c2ccccc2)(c2ccccc2)c2ccccc2)cc1. The van der Waals surface area contributed by atoms with Crippen LogP contribution in [0.3, 0.4) is 0 Å². The molecule has 61 heavy (non-hydrogen) atoms. The number of aliphatic hydroxyl groups excluding tert-OH is 1. The number of fused-ring (bicyclic) bond motifs is 1. The molecule has 4 atom stereocenters. The second-order valence-electron chi connectivity index (χ2n) is 16.4. The van der Waals surface area contributed by atoms with Crippen LogP contribution in [0.5, 0.6) is 11.6 Å². The van der Waals surface area contributed by atoms with Gasteiger partial charge < -0.3 is 33.4 Å². The zero-order chi connectivity index (χ0) is 42.4. The number of nitrogens with zero attached hydrogens (tertiary/aromatic N) is 4. The molecular formula is C51H54N4O6. The maximum absolute atomic E-state index is 12.9. The van der Waals surface area contributed by atoms with Gasteiger partial charge in [-0.1, -0.05) is 133 Å². The normalized spacial score (nSPS) is 18.4. The van der Waals surface area contributed by atoms with Crippen molar-refractivity contribution < 1.29 is 28.8 Å². The summed E-state index contributed by atoms with van der Waals surface area (Å²) < 4.78 is 34.0. The van der Waals surface area contributed by atoms with E-state index in [0.29, 0.717) is 23.5 Å². The van der Waals surface area contributed by atoms with E-state index >= 15 is 0 Å². The Bertz CT molecular complexity index is 2360. The molecule has 0 spiro atoms. The summed E-state index contributed by atoms with van der Waals surface area (Å²) in [6.07, 6.45) is 1.83. The predicted octanol–water partition coefficient (Wildman–Crippen LogP) is 9.10. The van der Waals surface area contributed by atoms with Gasteiger partial charge in [-0.25, -0.2) is 4.98 Å². The number of ether oxygens (including phenoxy) is 5. The topological polar surface area (TPSA) is 100 Å². The summed E-state index contributed by atoms with van der Waals surface area (Å²) in [6.45, 7) is 7.60. The lowest BCUT2D eigenvalue weighted by Crippen LogP contribution is -2.51. The first-order chi connectivity index (χ1) is 29.7. The van der Waals surface area contributed by atoms with Crippen molar-refractivity contribution in [2.45, 2.75) is 76.1 Å². The van der Waals surface area contributed by atoms with Gasteiger partial charge in [-0.05, 0) is 60.7 Å². The molecule has 0 saturated carbocycles. The van der Waals surface area contributed by atoms with E-state index in [1.54, 1.807) is 14.2 Å². The Morgan fingerprint density at radius 1 is 0.656 bits per heavy atom. The summed E-state index contributed by atoms with van der Waals surface area (Å²) in [5, 5.41) is 12.9. The first-order valence-electron chi connectivity index (χ1n) is 20.7. The third-order valence-corrected chi connectivity index (χ3v) is 11.6. The summed E-state index contributed by atoms with van der Waals surface area (Å²) in [6, 6.07) is 47.9. The van der Waals surface area contributed by atoms with Crippen LogP contribution in [0.25, 0.3) is 11.0 Å². The van der Waals surface area contributed by atoms with Crippen molar-refractivity contribution in [3.63, 3.8) is 0 Å². The average molecular weight is 819 g/mol. The van der Waals surface area contributed by atoms with Crippen molar-refractivity contribution in [3.05, 3.63) is 191 Å². The van der Waals surface area contributed by atoms with Crippen LogP contribution in [-0.2, 0) is 39.8 Å². The van der Waals surface area contributed by atoms with E-state index in [1.165, 1.54) is 6.33 Å². The summed E-state index contributed by atoms with van der Waals surface area (Å²) in [5.41, 5.74) is 5.64. The second-order valence-corrected chi connectivity index (χ2v) is 16.4. The second kappa shape index (κ2) is 18.4. The van der Waals surface area contributed by atoms with E-state index in [-0.39, 0.29) is 19.9 Å². The highest BCUT2D eigenvalue weighted by Gasteiger charge is 2.55. The zero-order valence-electron chi connectivity index (χ0n) is 35.4. The number of aliphatic hydroxyl groups is 1. The molecule has 2 aromatic heterocycles. The Morgan fingerprint density at radius 2 is 1.21 bits per heavy atom. The molecule has 1 N–H and O–H groups in total. The van der Waals surface area contributed by atoms with Crippen LogP contribution in [0.2, 0.25) is 0 Å². The first kappa shape index (κ1) is 41.8. The highest BCUT2D eigenvalue weighted by atomic mass is 16.5. The van der Waals surface area contributed by atoms with Crippen LogP contribution < -0.4 is 9.47 Å². The molecule has 0 aliphatic carbocycles. The van der Waals surface area contributed by atoms with Crippen molar-refractivity contribution in [2.24, 2.45) is 0 Å². The lowest BCUT2D eigenvalue weighted by molar-refractivity contribution is -0.0837. The van der Waals surface area contributed by atoms with Gasteiger partial charge in [0, 0.05) is 17.3 Å². The molecule has 5 aromatic carbocycles. The summed E-state index contributed by atoms with van der Waals surface area (Å²) >= 11 is 0. The van der Waals surface area contributed by atoms with Crippen LogP contribution in [0, 0.1) is 0 Å².